The van der Waals surface area contributed by atoms with Crippen LogP contribution in [0.4, 0.5) is 10.6 Å². The Morgan fingerprint density at radius 2 is 2.14 bits per heavy atom. The van der Waals surface area contributed by atoms with E-state index < -0.39 is 5.60 Å². The van der Waals surface area contributed by atoms with Crippen LogP contribution >= 0.6 is 0 Å². The number of hydrogen-bond acceptors (Lipinski definition) is 4. The molecule has 5 heteroatoms. The number of fused-ring (bicyclic) bond motifs is 3. The Morgan fingerprint density at radius 1 is 1.38 bits per heavy atom. The molecule has 0 spiro atoms. The minimum Gasteiger partial charge on any atom is -0.444 e. The van der Waals surface area contributed by atoms with Gasteiger partial charge < -0.3 is 14.5 Å². The first-order valence-electron chi connectivity index (χ1n) is 7.55. The van der Waals surface area contributed by atoms with Gasteiger partial charge in [0, 0.05) is 25.3 Å². The predicted octanol–water partition coefficient (Wildman–Crippen LogP) is 2.45. The van der Waals surface area contributed by atoms with Crippen LogP contribution in [0.1, 0.15) is 33.3 Å². The summed E-state index contributed by atoms with van der Waals surface area (Å²) in [6, 6.07) is 4.68. The van der Waals surface area contributed by atoms with Crippen LogP contribution in [0.3, 0.4) is 0 Å². The average Bonchev–Trinajstić information content (AvgIpc) is 2.75. The van der Waals surface area contributed by atoms with E-state index in [1.165, 1.54) is 5.56 Å². The summed E-state index contributed by atoms with van der Waals surface area (Å²) in [5, 5.41) is 0. The minimum atomic E-state index is -0.447. The van der Waals surface area contributed by atoms with Crippen molar-refractivity contribution in [3.8, 4) is 0 Å². The molecule has 0 bridgehead atoms. The maximum Gasteiger partial charge on any atom is 0.410 e. The number of carbonyl (C=O) groups is 1. The smallest absolute Gasteiger partial charge is 0.410 e. The first kappa shape index (κ1) is 14.2. The summed E-state index contributed by atoms with van der Waals surface area (Å²) in [6.45, 7) is 9.24. The van der Waals surface area contributed by atoms with Crippen molar-refractivity contribution in [1.29, 1.82) is 0 Å². The highest BCUT2D eigenvalue weighted by Gasteiger charge is 2.41. The molecule has 21 heavy (non-hydrogen) atoms. The van der Waals surface area contributed by atoms with Crippen molar-refractivity contribution in [2.45, 2.75) is 51.8 Å². The Balaban J connectivity index is 1.75. The number of pyridine rings is 1. The molecule has 0 saturated carbocycles. The topological polar surface area (TPSA) is 45.7 Å². The number of rotatable bonds is 0. The molecule has 0 N–H and O–H groups in total. The van der Waals surface area contributed by atoms with E-state index in [0.717, 1.165) is 12.2 Å². The van der Waals surface area contributed by atoms with Gasteiger partial charge in [-0.05, 0) is 45.7 Å². The van der Waals surface area contributed by atoms with Gasteiger partial charge in [-0.2, -0.15) is 0 Å². The Bertz CT molecular complexity index is 553. The molecule has 1 aromatic heterocycles. The number of amides is 1. The maximum absolute atomic E-state index is 12.3. The SMILES string of the molecule is CC1CN(C(=O)OC(C)(C)C)C[C@H]2Cc3cccnc3N12. The lowest BCUT2D eigenvalue weighted by Gasteiger charge is -2.43. The van der Waals surface area contributed by atoms with Gasteiger partial charge >= 0.3 is 6.09 Å². The van der Waals surface area contributed by atoms with Crippen LogP contribution in [0.15, 0.2) is 18.3 Å². The minimum absolute atomic E-state index is 0.210. The van der Waals surface area contributed by atoms with E-state index in [-0.39, 0.29) is 12.1 Å². The molecular weight excluding hydrogens is 266 g/mol. The summed E-state index contributed by atoms with van der Waals surface area (Å²) < 4.78 is 5.50. The Hall–Kier alpha value is -1.78. The first-order valence-corrected chi connectivity index (χ1v) is 7.55. The van der Waals surface area contributed by atoms with Gasteiger partial charge in [-0.15, -0.1) is 0 Å². The van der Waals surface area contributed by atoms with Crippen molar-refractivity contribution < 1.29 is 9.53 Å². The zero-order chi connectivity index (χ0) is 15.2. The lowest BCUT2D eigenvalue weighted by atomic mass is 10.1. The third-order valence-corrected chi connectivity index (χ3v) is 4.00. The van der Waals surface area contributed by atoms with Crippen molar-refractivity contribution in [1.82, 2.24) is 9.88 Å². The standard InChI is InChI=1S/C16H23N3O2/c1-11-9-18(15(20)21-16(2,3)4)10-13-8-12-6-5-7-17-14(12)19(11)13/h5-7,11,13H,8-10H2,1-4H3/t11?,13-/m1/s1. The second-order valence-electron chi connectivity index (χ2n) is 6.99. The molecule has 1 fully saturated rings. The maximum atomic E-state index is 12.3. The lowest BCUT2D eigenvalue weighted by Crippen LogP contribution is -2.58. The van der Waals surface area contributed by atoms with Crippen LogP contribution in [0.25, 0.3) is 0 Å². The van der Waals surface area contributed by atoms with E-state index in [9.17, 15) is 4.79 Å². The van der Waals surface area contributed by atoms with Gasteiger partial charge in [0.1, 0.15) is 11.4 Å². The van der Waals surface area contributed by atoms with Crippen LogP contribution < -0.4 is 4.90 Å². The fourth-order valence-corrected chi connectivity index (χ4v) is 3.28. The first-order chi connectivity index (χ1) is 9.85. The van der Waals surface area contributed by atoms with Gasteiger partial charge in [0.25, 0.3) is 0 Å². The van der Waals surface area contributed by atoms with Crippen molar-refractivity contribution in [2.75, 3.05) is 18.0 Å². The molecule has 2 aliphatic rings. The van der Waals surface area contributed by atoms with Crippen LogP contribution in [0.5, 0.6) is 0 Å². The van der Waals surface area contributed by atoms with Crippen molar-refractivity contribution in [3.05, 3.63) is 23.9 Å². The molecule has 3 heterocycles. The van der Waals surface area contributed by atoms with E-state index in [1.807, 2.05) is 37.9 Å². The monoisotopic (exact) mass is 289 g/mol. The number of ether oxygens (including phenoxy) is 1. The molecule has 1 amide bonds. The molecule has 1 unspecified atom stereocenters. The molecule has 0 aromatic carbocycles. The molecule has 3 rings (SSSR count). The number of carbonyl (C=O) groups excluding carboxylic acids is 1. The Kier molecular flexibility index (Phi) is 3.30. The van der Waals surface area contributed by atoms with Crippen molar-refractivity contribution in [2.24, 2.45) is 0 Å². The molecule has 1 aromatic rings. The Morgan fingerprint density at radius 3 is 2.86 bits per heavy atom. The molecule has 0 aliphatic carbocycles. The van der Waals surface area contributed by atoms with Crippen molar-refractivity contribution in [3.63, 3.8) is 0 Å². The zero-order valence-electron chi connectivity index (χ0n) is 13.2. The molecule has 2 atom stereocenters. The summed E-state index contributed by atoms with van der Waals surface area (Å²) in [5.41, 5.74) is 0.831. The highest BCUT2D eigenvalue weighted by Crippen LogP contribution is 2.34. The van der Waals surface area contributed by atoms with Crippen molar-refractivity contribution >= 4 is 11.9 Å². The fraction of sp³-hybridized carbons (Fsp3) is 0.625. The summed E-state index contributed by atoms with van der Waals surface area (Å²) in [5.74, 6) is 1.08. The fourth-order valence-electron chi connectivity index (χ4n) is 3.28. The lowest BCUT2D eigenvalue weighted by molar-refractivity contribution is 0.0191. The van der Waals surface area contributed by atoms with Gasteiger partial charge in [0.05, 0.1) is 6.04 Å². The quantitative estimate of drug-likeness (QED) is 0.736. The predicted molar refractivity (Wildman–Crippen MR) is 81.5 cm³/mol. The normalized spacial score (nSPS) is 24.6. The average molecular weight is 289 g/mol. The molecule has 5 nitrogen and oxygen atoms in total. The highest BCUT2D eigenvalue weighted by molar-refractivity contribution is 5.69. The molecule has 114 valence electrons. The van der Waals surface area contributed by atoms with E-state index in [0.29, 0.717) is 19.1 Å². The van der Waals surface area contributed by atoms with Gasteiger partial charge in [0.2, 0.25) is 0 Å². The summed E-state index contributed by atoms with van der Waals surface area (Å²) >= 11 is 0. The van der Waals surface area contributed by atoms with Crippen LogP contribution in [-0.2, 0) is 11.2 Å². The number of anilines is 1. The number of aromatic nitrogens is 1. The van der Waals surface area contributed by atoms with Gasteiger partial charge in [-0.25, -0.2) is 9.78 Å². The van der Waals surface area contributed by atoms with Gasteiger partial charge in [-0.1, -0.05) is 6.07 Å². The van der Waals surface area contributed by atoms with Crippen LogP contribution in [-0.4, -0.2) is 46.8 Å². The van der Waals surface area contributed by atoms with Crippen LogP contribution in [0, 0.1) is 0 Å². The molecule has 2 aliphatic heterocycles. The molecule has 1 saturated heterocycles. The van der Waals surface area contributed by atoms with E-state index in [4.69, 9.17) is 4.74 Å². The van der Waals surface area contributed by atoms with Gasteiger partial charge in [0.15, 0.2) is 0 Å². The third kappa shape index (κ3) is 2.69. The van der Waals surface area contributed by atoms with Gasteiger partial charge in [-0.3, -0.25) is 0 Å². The molecule has 0 radical (unpaired) electrons. The largest absolute Gasteiger partial charge is 0.444 e. The zero-order valence-corrected chi connectivity index (χ0v) is 13.2. The van der Waals surface area contributed by atoms with Crippen LogP contribution in [0.2, 0.25) is 0 Å². The van der Waals surface area contributed by atoms with E-state index >= 15 is 0 Å². The summed E-state index contributed by atoms with van der Waals surface area (Å²) in [7, 11) is 0. The molecular formula is C16H23N3O2. The number of piperazine rings is 1. The summed E-state index contributed by atoms with van der Waals surface area (Å²) in [6.07, 6.45) is 2.58. The third-order valence-electron chi connectivity index (χ3n) is 4.00. The second kappa shape index (κ2) is 4.90. The Labute approximate surface area is 125 Å². The highest BCUT2D eigenvalue weighted by atomic mass is 16.6. The number of nitrogens with zero attached hydrogens (tertiary/aromatic N) is 3. The second-order valence-corrected chi connectivity index (χ2v) is 6.99. The summed E-state index contributed by atoms with van der Waals surface area (Å²) in [4.78, 5) is 21.0. The van der Waals surface area contributed by atoms with E-state index in [1.54, 1.807) is 0 Å². The van der Waals surface area contributed by atoms with E-state index in [2.05, 4.69) is 22.9 Å². The number of hydrogen-bond donors (Lipinski definition) is 0.